The second-order valence-corrected chi connectivity index (χ2v) is 12.1. The molecular formula is C20H44INO3PS+. The zero-order valence-electron chi connectivity index (χ0n) is 18.0. The van der Waals surface area contributed by atoms with Gasteiger partial charge in [-0.3, -0.25) is 8.45 Å². The van der Waals surface area contributed by atoms with Gasteiger partial charge in [-0.15, -0.1) is 0 Å². The molecule has 0 bridgehead atoms. The lowest BCUT2D eigenvalue weighted by atomic mass is 10.1. The number of halogens is 1. The first-order valence-corrected chi connectivity index (χ1v) is 14.0. The van der Waals surface area contributed by atoms with E-state index in [-0.39, 0.29) is 0 Å². The Morgan fingerprint density at radius 3 is 1.70 bits per heavy atom. The molecular weight excluding hydrogens is 492 g/mol. The number of thiol groups is 1. The summed E-state index contributed by atoms with van der Waals surface area (Å²) in [5.41, 5.74) is 0. The molecule has 0 fully saturated rings. The summed E-state index contributed by atoms with van der Waals surface area (Å²) in [5.74, 6) is 0. The van der Waals surface area contributed by atoms with Crippen molar-refractivity contribution >= 4 is 43.4 Å². The molecule has 0 saturated carbocycles. The monoisotopic (exact) mass is 536 g/mol. The van der Waals surface area contributed by atoms with Crippen LogP contribution in [0.4, 0.5) is 0 Å². The van der Waals surface area contributed by atoms with Gasteiger partial charge in [-0.05, 0) is 19.8 Å². The molecule has 0 aliphatic heterocycles. The Labute approximate surface area is 188 Å². The molecule has 2 atom stereocenters. The number of unbranched alkanes of at least 4 members (excludes halogenated alkanes) is 11. The fourth-order valence-corrected chi connectivity index (χ4v) is 5.70. The van der Waals surface area contributed by atoms with Gasteiger partial charge in [-0.1, -0.05) is 71.1 Å². The van der Waals surface area contributed by atoms with E-state index in [1.54, 1.807) is 23.0 Å². The van der Waals surface area contributed by atoms with Gasteiger partial charge >= 0.3 is 7.60 Å². The number of hydrogen-bond donors (Lipinski definition) is 1. The number of quaternary nitrogens is 1. The quantitative estimate of drug-likeness (QED) is 0.0564. The number of rotatable bonds is 20. The van der Waals surface area contributed by atoms with Crippen LogP contribution in [0.3, 0.4) is 0 Å². The van der Waals surface area contributed by atoms with E-state index in [0.29, 0.717) is 16.7 Å². The molecule has 27 heavy (non-hydrogen) atoms. The third kappa shape index (κ3) is 17.7. The van der Waals surface area contributed by atoms with Crippen LogP contribution in [0.2, 0.25) is 0 Å². The molecule has 0 saturated heterocycles. The molecule has 0 aromatic heterocycles. The van der Waals surface area contributed by atoms with Gasteiger partial charge in [0.2, 0.25) is 0 Å². The maximum Gasteiger partial charge on any atom is 0.340 e. The van der Waals surface area contributed by atoms with Gasteiger partial charge in [0, 0.05) is 6.42 Å². The van der Waals surface area contributed by atoms with Crippen LogP contribution in [0.5, 0.6) is 0 Å². The fraction of sp³-hybridized carbons (Fsp3) is 1.00. The molecule has 2 unspecified atom stereocenters. The molecule has 0 amide bonds. The Kier molecular flexibility index (Phi) is 18.8. The van der Waals surface area contributed by atoms with Crippen LogP contribution in [-0.2, 0) is 11.9 Å². The lowest BCUT2D eigenvalue weighted by molar-refractivity contribution is -0.770. The van der Waals surface area contributed by atoms with Crippen molar-refractivity contribution in [2.24, 2.45) is 0 Å². The van der Waals surface area contributed by atoms with Crippen molar-refractivity contribution in [2.45, 2.75) is 97.3 Å². The Bertz CT molecular complexity index is 386. The normalized spacial score (nSPS) is 16.2. The van der Waals surface area contributed by atoms with Gasteiger partial charge in [-0.2, -0.15) is 0 Å². The van der Waals surface area contributed by atoms with Crippen molar-refractivity contribution < 1.29 is 15.8 Å². The summed E-state index contributed by atoms with van der Waals surface area (Å²) in [4.78, 5) is 0. The number of nitrogens with zero attached hydrogens (tertiary/aromatic N) is 1. The third-order valence-electron chi connectivity index (χ3n) is 5.00. The Morgan fingerprint density at radius 2 is 1.26 bits per heavy atom. The molecule has 0 N–H and O–H groups in total. The van der Waals surface area contributed by atoms with Gasteiger partial charge < -0.3 is 4.52 Å². The third-order valence-corrected chi connectivity index (χ3v) is 8.92. The SMILES string of the molecule is CCCCCCCCCCCCCC[N+](C)(S)CCCP(=O)(OI)OCC. The average Bonchev–Trinajstić information content (AvgIpc) is 2.62. The lowest BCUT2D eigenvalue weighted by Crippen LogP contribution is -2.36. The van der Waals surface area contributed by atoms with E-state index in [1.165, 1.54) is 77.0 Å². The van der Waals surface area contributed by atoms with Gasteiger partial charge in [0.05, 0.1) is 45.7 Å². The van der Waals surface area contributed by atoms with E-state index in [0.717, 1.165) is 19.5 Å². The maximum atomic E-state index is 12.3. The largest absolute Gasteiger partial charge is 0.340 e. The molecule has 7 heteroatoms. The van der Waals surface area contributed by atoms with E-state index in [1.807, 2.05) is 6.92 Å². The van der Waals surface area contributed by atoms with Crippen LogP contribution in [0.25, 0.3) is 0 Å². The summed E-state index contributed by atoms with van der Waals surface area (Å²) in [7, 11) is -0.765. The standard InChI is InChI=1S/C20H44INO3PS/c1-4-6-7-8-9-10-11-12-13-14-15-16-18-22(3,27)19-17-20-26(23,25-21)24-5-2/h27H,4-20H2,1-3H3/q+1. The number of hydrogen-bond acceptors (Lipinski definition) is 4. The van der Waals surface area contributed by atoms with E-state index >= 15 is 0 Å². The van der Waals surface area contributed by atoms with Gasteiger partial charge in [-0.25, -0.2) is 2.85 Å². The lowest BCUT2D eigenvalue weighted by Gasteiger charge is -2.27. The molecule has 4 nitrogen and oxygen atoms in total. The van der Waals surface area contributed by atoms with Crippen LogP contribution in [-0.4, -0.2) is 36.8 Å². The van der Waals surface area contributed by atoms with Crippen molar-refractivity contribution in [3.8, 4) is 0 Å². The van der Waals surface area contributed by atoms with Crippen molar-refractivity contribution in [3.05, 3.63) is 0 Å². The van der Waals surface area contributed by atoms with Crippen molar-refractivity contribution in [1.29, 1.82) is 0 Å². The molecule has 0 radical (unpaired) electrons. The van der Waals surface area contributed by atoms with Crippen molar-refractivity contribution in [2.75, 3.05) is 32.9 Å². The highest BCUT2D eigenvalue weighted by molar-refractivity contribution is 14.1. The summed E-state index contributed by atoms with van der Waals surface area (Å²) >= 11 is 6.46. The van der Waals surface area contributed by atoms with Crippen LogP contribution in [0, 0.1) is 0 Å². The van der Waals surface area contributed by atoms with Crippen molar-refractivity contribution in [3.63, 3.8) is 0 Å². The summed E-state index contributed by atoms with van der Waals surface area (Å²) in [6, 6.07) is 0. The molecule has 0 aliphatic rings. The van der Waals surface area contributed by atoms with Gasteiger partial charge in [0.25, 0.3) is 0 Å². The van der Waals surface area contributed by atoms with Crippen molar-refractivity contribution in [1.82, 2.24) is 0 Å². The first-order chi connectivity index (χ1) is 12.9. The highest BCUT2D eigenvalue weighted by Gasteiger charge is 2.25. The minimum atomic E-state index is -2.90. The first-order valence-electron chi connectivity index (χ1n) is 11.0. The van der Waals surface area contributed by atoms with Crippen LogP contribution >= 0.6 is 43.4 Å². The molecule has 0 aromatic rings. The average molecular weight is 537 g/mol. The molecule has 0 spiro atoms. The summed E-state index contributed by atoms with van der Waals surface area (Å²) in [6.07, 6.45) is 17.7. The minimum Gasteiger partial charge on any atom is -0.308 e. The topological polar surface area (TPSA) is 35.5 Å². The molecule has 164 valence electrons. The van der Waals surface area contributed by atoms with E-state index < -0.39 is 7.60 Å². The van der Waals surface area contributed by atoms with E-state index in [2.05, 4.69) is 14.0 Å². The summed E-state index contributed by atoms with van der Waals surface area (Å²) < 4.78 is 23.2. The van der Waals surface area contributed by atoms with Crippen LogP contribution in [0.1, 0.15) is 97.3 Å². The molecule has 0 rings (SSSR count). The summed E-state index contributed by atoms with van der Waals surface area (Å²) in [5, 5.41) is 0. The minimum absolute atomic E-state index is 0.423. The first kappa shape index (κ1) is 28.2. The van der Waals surface area contributed by atoms with E-state index in [9.17, 15) is 4.57 Å². The predicted octanol–water partition coefficient (Wildman–Crippen LogP) is 7.97. The Hall–Kier alpha value is 1.19. The predicted molar refractivity (Wildman–Crippen MR) is 130 cm³/mol. The zero-order chi connectivity index (χ0) is 20.4. The molecule has 0 heterocycles. The Balaban J connectivity index is 3.58. The maximum absolute atomic E-state index is 12.3. The zero-order valence-corrected chi connectivity index (χ0v) is 21.9. The van der Waals surface area contributed by atoms with Crippen LogP contribution in [0.15, 0.2) is 0 Å². The Morgan fingerprint density at radius 1 is 0.815 bits per heavy atom. The van der Waals surface area contributed by atoms with Gasteiger partial charge in [0.15, 0.2) is 0 Å². The summed E-state index contributed by atoms with van der Waals surface area (Å²) in [6.45, 7) is 6.49. The van der Waals surface area contributed by atoms with Gasteiger partial charge in [0.1, 0.15) is 23.0 Å². The fourth-order valence-electron chi connectivity index (χ4n) is 3.33. The highest BCUT2D eigenvalue weighted by atomic mass is 127. The molecule has 0 aliphatic carbocycles. The van der Waals surface area contributed by atoms with Crippen LogP contribution < -0.4 is 0 Å². The molecule has 0 aromatic carbocycles. The second kappa shape index (κ2) is 18.0. The van der Waals surface area contributed by atoms with E-state index in [4.69, 9.17) is 20.2 Å². The smallest absolute Gasteiger partial charge is 0.308 e. The second-order valence-electron chi connectivity index (χ2n) is 7.85. The highest BCUT2D eigenvalue weighted by Crippen LogP contribution is 2.50.